The number of hydrogen-bond donors (Lipinski definition) is 0. The maximum atomic E-state index is 15.0. The van der Waals surface area contributed by atoms with Crippen LogP contribution in [0.2, 0.25) is 23.2 Å². The summed E-state index contributed by atoms with van der Waals surface area (Å²) in [6, 6.07) is 2.29. The molecule has 124 valence electrons. The number of rotatable bonds is 5. The molecule has 0 radical (unpaired) electrons. The molecule has 2 aliphatic rings. The van der Waals surface area contributed by atoms with Gasteiger partial charge in [-0.2, -0.15) is 0 Å². The topological polar surface area (TPSA) is 18.5 Å². The highest BCUT2D eigenvalue weighted by Gasteiger charge is 2.58. The van der Waals surface area contributed by atoms with E-state index in [1.54, 1.807) is 6.92 Å². The fraction of sp³-hybridized carbons (Fsp3) is 1.00. The van der Waals surface area contributed by atoms with Crippen LogP contribution in [0, 0.1) is 0 Å². The van der Waals surface area contributed by atoms with E-state index >= 15 is 0 Å². The van der Waals surface area contributed by atoms with Gasteiger partial charge >= 0.3 is 0 Å². The van der Waals surface area contributed by atoms with E-state index in [9.17, 15) is 13.2 Å². The van der Waals surface area contributed by atoms with Gasteiger partial charge in [-0.15, -0.1) is 0 Å². The predicted octanol–water partition coefficient (Wildman–Crippen LogP) is 3.81. The largest absolute Gasteiger partial charge is 0.420 e. The zero-order valence-corrected chi connectivity index (χ0v) is 15.4. The molecule has 0 amide bonds. The molecule has 2 fully saturated rings. The Labute approximate surface area is 128 Å². The lowest BCUT2D eigenvalue weighted by atomic mass is 9.93. The van der Waals surface area contributed by atoms with Crippen molar-refractivity contribution in [1.29, 1.82) is 0 Å². The Morgan fingerprint density at radius 2 is 1.62 bits per heavy atom. The lowest BCUT2D eigenvalue weighted by Crippen LogP contribution is -2.53. The summed E-state index contributed by atoms with van der Waals surface area (Å²) in [5.41, 5.74) is -2.48. The summed E-state index contributed by atoms with van der Waals surface area (Å²) < 4.78 is 53.4. The average Bonchev–Trinajstić information content (AvgIpc) is 2.48. The van der Waals surface area contributed by atoms with Gasteiger partial charge in [0.25, 0.3) is 6.43 Å². The van der Waals surface area contributed by atoms with E-state index in [4.69, 9.17) is 8.85 Å². The molecule has 2 saturated heterocycles. The molecule has 0 aromatic heterocycles. The van der Waals surface area contributed by atoms with E-state index in [-0.39, 0.29) is 0 Å². The monoisotopic (exact) mass is 340 g/mol. The fourth-order valence-corrected chi connectivity index (χ4v) is 11.5. The van der Waals surface area contributed by atoms with Gasteiger partial charge in [-0.1, -0.05) is 19.8 Å². The first-order chi connectivity index (χ1) is 9.88. The number of halogens is 3. The minimum atomic E-state index is -2.96. The van der Waals surface area contributed by atoms with E-state index < -0.39 is 35.2 Å². The van der Waals surface area contributed by atoms with Crippen LogP contribution >= 0.6 is 0 Å². The Hall–Kier alpha value is 0.144. The van der Waals surface area contributed by atoms with Crippen molar-refractivity contribution in [3.05, 3.63) is 0 Å². The van der Waals surface area contributed by atoms with Gasteiger partial charge in [-0.3, -0.25) is 0 Å². The average molecular weight is 341 g/mol. The number of hydrogen-bond acceptors (Lipinski definition) is 2. The second kappa shape index (κ2) is 7.14. The Kier molecular flexibility index (Phi) is 5.95. The van der Waals surface area contributed by atoms with Gasteiger partial charge in [0.05, 0.1) is 0 Å². The molecule has 7 heteroatoms. The van der Waals surface area contributed by atoms with Crippen molar-refractivity contribution in [3.8, 4) is 0 Å². The zero-order valence-electron chi connectivity index (χ0n) is 13.0. The van der Waals surface area contributed by atoms with E-state index in [0.29, 0.717) is 12.7 Å². The van der Waals surface area contributed by atoms with Crippen LogP contribution in [0.5, 0.6) is 0 Å². The highest BCUT2D eigenvalue weighted by atomic mass is 28.3. The quantitative estimate of drug-likeness (QED) is 0.709. The van der Waals surface area contributed by atoms with Crippen molar-refractivity contribution in [2.45, 2.75) is 74.8 Å². The summed E-state index contributed by atoms with van der Waals surface area (Å²) in [6.45, 7) is 4.13. The lowest BCUT2D eigenvalue weighted by Gasteiger charge is -2.47. The second-order valence-corrected chi connectivity index (χ2v) is 12.6. The standard InChI is InChI=1S/C14H27F3O2Si2/c1-13(14(2,17)12(15)16,21-10-6-4-8-19-21)11-20-9-5-3-7-18-20/h12,20-21H,3-11H2,1-2H3. The van der Waals surface area contributed by atoms with Crippen molar-refractivity contribution >= 4 is 18.1 Å². The maximum Gasteiger partial charge on any atom is 0.272 e. The zero-order chi connectivity index (χ0) is 15.5. The highest BCUT2D eigenvalue weighted by molar-refractivity contribution is 6.61. The number of alkyl halides is 3. The maximum absolute atomic E-state index is 15.0. The van der Waals surface area contributed by atoms with E-state index in [1.165, 1.54) is 0 Å². The van der Waals surface area contributed by atoms with Crippen LogP contribution in [-0.2, 0) is 8.85 Å². The van der Waals surface area contributed by atoms with Crippen molar-refractivity contribution < 1.29 is 22.0 Å². The van der Waals surface area contributed by atoms with Gasteiger partial charge in [-0.05, 0) is 37.9 Å². The Morgan fingerprint density at radius 1 is 1.00 bits per heavy atom. The van der Waals surface area contributed by atoms with Crippen LogP contribution in [0.3, 0.4) is 0 Å². The summed E-state index contributed by atoms with van der Waals surface area (Å²) in [7, 11) is -3.59. The Balaban J connectivity index is 2.19. The SMILES string of the molecule is CC(F)(C(F)F)C(C)(C[SiH]1CCCCO1)[SiH]1CCCCO1. The van der Waals surface area contributed by atoms with Crippen LogP contribution in [0.1, 0.15) is 39.5 Å². The van der Waals surface area contributed by atoms with Crippen molar-refractivity contribution in [3.63, 3.8) is 0 Å². The molecule has 0 aromatic carbocycles. The molecular formula is C14H27F3O2Si2. The van der Waals surface area contributed by atoms with Crippen LogP contribution in [-0.4, -0.2) is 43.4 Å². The molecule has 4 unspecified atom stereocenters. The summed E-state index contributed by atoms with van der Waals surface area (Å²) in [6.07, 6.45) is 1.13. The van der Waals surface area contributed by atoms with Crippen molar-refractivity contribution in [2.24, 2.45) is 0 Å². The molecular weight excluding hydrogens is 313 g/mol. The van der Waals surface area contributed by atoms with Crippen molar-refractivity contribution in [2.75, 3.05) is 13.2 Å². The molecule has 21 heavy (non-hydrogen) atoms. The van der Waals surface area contributed by atoms with E-state index in [1.807, 2.05) is 0 Å². The molecule has 2 nitrogen and oxygen atoms in total. The van der Waals surface area contributed by atoms with Gasteiger partial charge in [0.1, 0.15) is 0 Å². The first-order valence-electron chi connectivity index (χ1n) is 8.08. The first kappa shape index (κ1) is 17.5. The Morgan fingerprint density at radius 3 is 2.10 bits per heavy atom. The highest BCUT2D eigenvalue weighted by Crippen LogP contribution is 2.54. The van der Waals surface area contributed by atoms with Crippen LogP contribution in [0.4, 0.5) is 13.2 Å². The summed E-state index contributed by atoms with van der Waals surface area (Å²) in [5, 5.41) is -1.02. The summed E-state index contributed by atoms with van der Waals surface area (Å²) >= 11 is 0. The molecule has 0 spiro atoms. The van der Waals surface area contributed by atoms with Crippen LogP contribution in [0.15, 0.2) is 0 Å². The molecule has 0 aliphatic carbocycles. The van der Waals surface area contributed by atoms with Crippen molar-refractivity contribution in [1.82, 2.24) is 0 Å². The predicted molar refractivity (Wildman–Crippen MR) is 83.0 cm³/mol. The molecule has 2 heterocycles. The minimum absolute atomic E-state index is 0.501. The minimum Gasteiger partial charge on any atom is -0.420 e. The van der Waals surface area contributed by atoms with Crippen LogP contribution in [0.25, 0.3) is 0 Å². The first-order valence-corrected chi connectivity index (χ1v) is 12.0. The molecule has 0 saturated carbocycles. The second-order valence-electron chi connectivity index (χ2n) is 6.84. The summed E-state index contributed by atoms with van der Waals surface area (Å²) in [4.78, 5) is 0. The van der Waals surface area contributed by atoms with Gasteiger partial charge in [0.2, 0.25) is 0 Å². The van der Waals surface area contributed by atoms with Gasteiger partial charge in [0, 0.05) is 18.3 Å². The molecule has 0 bridgehead atoms. The molecule has 2 aliphatic heterocycles. The Bertz CT molecular complexity index is 332. The molecule has 0 aromatic rings. The van der Waals surface area contributed by atoms with Crippen LogP contribution < -0.4 is 0 Å². The van der Waals surface area contributed by atoms with Gasteiger partial charge in [-0.25, -0.2) is 13.2 Å². The molecule has 0 N–H and O–H groups in total. The van der Waals surface area contributed by atoms with E-state index in [2.05, 4.69) is 0 Å². The van der Waals surface area contributed by atoms with Gasteiger partial charge < -0.3 is 8.85 Å². The molecule has 2 rings (SSSR count). The third kappa shape index (κ3) is 3.73. The third-order valence-electron chi connectivity index (χ3n) is 5.34. The van der Waals surface area contributed by atoms with Gasteiger partial charge in [0.15, 0.2) is 23.7 Å². The van der Waals surface area contributed by atoms with E-state index in [0.717, 1.165) is 51.3 Å². The third-order valence-corrected chi connectivity index (χ3v) is 12.7. The summed E-state index contributed by atoms with van der Waals surface area (Å²) in [5.74, 6) is 0. The smallest absolute Gasteiger partial charge is 0.272 e. The fourth-order valence-electron chi connectivity index (χ4n) is 3.58. The lowest BCUT2D eigenvalue weighted by molar-refractivity contribution is -0.0522. The normalized spacial score (nSPS) is 33.4. The molecule has 4 atom stereocenters.